The summed E-state index contributed by atoms with van der Waals surface area (Å²) in [7, 11) is 0. The van der Waals surface area contributed by atoms with Gasteiger partial charge in [0.15, 0.2) is 8.02 Å². The number of nitrogens with one attached hydrogen (secondary N) is 2. The number of β-lactam (4-membered cyclic amide) rings is 1. The molecule has 1 heterocycles. The van der Waals surface area contributed by atoms with Gasteiger partial charge in [-0.15, -0.1) is 11.8 Å². The molecule has 0 bridgehead atoms. The second-order valence-electron chi connectivity index (χ2n) is 10.5. The first-order valence-electron chi connectivity index (χ1n) is 14.4. The van der Waals surface area contributed by atoms with Crippen LogP contribution in [0.15, 0.2) is 78.9 Å². The van der Waals surface area contributed by atoms with Crippen LogP contribution in [0.25, 0.3) is 0 Å². The van der Waals surface area contributed by atoms with Gasteiger partial charge in [-0.2, -0.15) is 0 Å². The lowest BCUT2D eigenvalue weighted by Gasteiger charge is -2.47. The number of halogens is 1. The average molecular weight is 625 g/mol. The molecule has 3 aromatic rings. The standard InChI is InChI=1S/C32H34FN3O7S/c1-19(2)28(32(41)42)35-26(38)16-34-27(39)17-43-24-14-8-21(9-15-24)29-30(44-18-25(37)20-6-4-3-5-7-20)31(40)36(29)23-12-10-22(33)11-13-23/h3-15,19,25,28-30,37H,16-18H2,1-2H3,(H,34,39)(H,35,38)(H,41,42)/t25?,28-,29+,30+/m0/s1/i/hD. The van der Waals surface area contributed by atoms with Crippen LogP contribution in [0.2, 0.25) is 1.41 Å². The summed E-state index contributed by atoms with van der Waals surface area (Å²) in [6.45, 7) is 2.05. The Bertz CT molecular complexity index is 1490. The number of carboxylic acids is 1. The van der Waals surface area contributed by atoms with Crippen LogP contribution in [-0.4, -0.2) is 64.1 Å². The van der Waals surface area contributed by atoms with Gasteiger partial charge in [0, 0.05) is 11.4 Å². The van der Waals surface area contributed by atoms with Gasteiger partial charge in [-0.1, -0.05) is 56.3 Å². The molecular formula is C32H34FN3O7S. The van der Waals surface area contributed by atoms with Crippen LogP contribution in [0.3, 0.4) is 0 Å². The van der Waals surface area contributed by atoms with E-state index in [9.17, 15) is 33.8 Å². The molecule has 1 saturated heterocycles. The fourth-order valence-electron chi connectivity index (χ4n) is 4.65. The average Bonchev–Trinajstić information content (AvgIpc) is 3.02. The smallest absolute Gasteiger partial charge is 0.326 e. The first-order valence-corrected chi connectivity index (χ1v) is 15.0. The lowest BCUT2D eigenvalue weighted by Crippen LogP contribution is -2.57. The minimum Gasteiger partial charge on any atom is -0.484 e. The van der Waals surface area contributed by atoms with Crippen molar-refractivity contribution in [1.82, 2.24) is 10.6 Å². The van der Waals surface area contributed by atoms with Gasteiger partial charge >= 0.3 is 5.97 Å². The Morgan fingerprint density at radius 3 is 2.30 bits per heavy atom. The molecule has 232 valence electrons. The highest BCUT2D eigenvalue weighted by Gasteiger charge is 2.49. The van der Waals surface area contributed by atoms with Crippen molar-refractivity contribution in [2.45, 2.75) is 37.3 Å². The third-order valence-corrected chi connectivity index (χ3v) is 8.33. The monoisotopic (exact) mass is 624 g/mol. The van der Waals surface area contributed by atoms with Gasteiger partial charge < -0.3 is 30.5 Å². The minimum absolute atomic E-state index is 0.176. The topological polar surface area (TPSA) is 145 Å². The number of hydrogen-bond donors (Lipinski definition) is 4. The number of ether oxygens (including phenoxy) is 1. The first kappa shape index (κ1) is 31.0. The molecular weight excluding hydrogens is 589 g/mol. The van der Waals surface area contributed by atoms with Gasteiger partial charge in [0.1, 0.15) is 22.9 Å². The van der Waals surface area contributed by atoms with E-state index in [4.69, 9.17) is 6.15 Å². The zero-order valence-electron chi connectivity index (χ0n) is 25.1. The molecule has 0 aromatic heterocycles. The van der Waals surface area contributed by atoms with Crippen LogP contribution in [0.1, 0.15) is 37.1 Å². The van der Waals surface area contributed by atoms with Crippen molar-refractivity contribution in [3.05, 3.63) is 95.8 Å². The summed E-state index contributed by atoms with van der Waals surface area (Å²) in [6.07, 6.45) is -0.769. The molecule has 1 aliphatic rings. The molecule has 12 heteroatoms. The van der Waals surface area contributed by atoms with E-state index in [-0.39, 0.29) is 17.6 Å². The van der Waals surface area contributed by atoms with Gasteiger partial charge in [-0.3, -0.25) is 14.4 Å². The van der Waals surface area contributed by atoms with E-state index >= 15 is 0 Å². The van der Waals surface area contributed by atoms with Crippen molar-refractivity contribution in [1.29, 1.82) is 0 Å². The molecule has 3 amide bonds. The van der Waals surface area contributed by atoms with Crippen LogP contribution >= 0.6 is 11.8 Å². The van der Waals surface area contributed by atoms with Crippen LogP contribution in [0, 0.1) is 11.7 Å². The zero-order chi connectivity index (χ0) is 32.7. The summed E-state index contributed by atoms with van der Waals surface area (Å²) in [6, 6.07) is 19.9. The molecule has 44 heavy (non-hydrogen) atoms. The summed E-state index contributed by atoms with van der Waals surface area (Å²) < 4.78 is 27.0. The number of aliphatic hydroxyl groups is 1. The number of carbonyl (C=O) groups is 4. The van der Waals surface area contributed by atoms with Crippen LogP contribution in [-0.2, 0) is 19.2 Å². The highest BCUT2D eigenvalue weighted by molar-refractivity contribution is 8.00. The maximum Gasteiger partial charge on any atom is 0.326 e. The van der Waals surface area contributed by atoms with Crippen LogP contribution in [0.5, 0.6) is 5.75 Å². The number of aliphatic hydroxyl groups excluding tert-OH is 1. The number of amides is 3. The van der Waals surface area contributed by atoms with E-state index in [1.54, 1.807) is 43.0 Å². The summed E-state index contributed by atoms with van der Waals surface area (Å²) in [5, 5.41) is 22.1. The van der Waals surface area contributed by atoms with Crippen molar-refractivity contribution >= 4 is 41.1 Å². The number of benzene rings is 3. The molecule has 0 radical (unpaired) electrons. The Hall–Kier alpha value is -4.42. The van der Waals surface area contributed by atoms with Gasteiger partial charge in [-0.25, -0.2) is 9.18 Å². The Labute approximate surface area is 260 Å². The van der Waals surface area contributed by atoms with E-state index in [0.717, 1.165) is 11.1 Å². The van der Waals surface area contributed by atoms with Gasteiger partial charge in [0.25, 0.3) is 5.91 Å². The molecule has 4 N–H and O–H groups in total. The Balaban J connectivity index is 1.39. The lowest BCUT2D eigenvalue weighted by atomic mass is 9.92. The number of hydrogen-bond acceptors (Lipinski definition) is 7. The second-order valence-corrected chi connectivity index (χ2v) is 11.7. The number of aliphatic carboxylic acids is 1. The molecule has 0 saturated carbocycles. The van der Waals surface area contributed by atoms with Gasteiger partial charge in [-0.05, 0) is 53.4 Å². The Kier molecular flexibility index (Phi) is 10.5. The molecule has 10 nitrogen and oxygen atoms in total. The van der Waals surface area contributed by atoms with Crippen molar-refractivity contribution in [3.63, 3.8) is 0 Å². The van der Waals surface area contributed by atoms with Gasteiger partial charge in [0.05, 0.1) is 18.7 Å². The molecule has 3 aromatic carbocycles. The van der Waals surface area contributed by atoms with Gasteiger partial charge in [0.2, 0.25) is 11.8 Å². The zero-order valence-corrected chi connectivity index (χ0v) is 24.9. The fraction of sp³-hybridized carbons (Fsp3) is 0.312. The lowest BCUT2D eigenvalue weighted by molar-refractivity contribution is -0.143. The Morgan fingerprint density at radius 1 is 1.02 bits per heavy atom. The third-order valence-electron chi connectivity index (χ3n) is 7.00. The van der Waals surface area contributed by atoms with Crippen molar-refractivity contribution in [3.8, 4) is 5.75 Å². The predicted molar refractivity (Wildman–Crippen MR) is 164 cm³/mol. The quantitative estimate of drug-likeness (QED) is 0.200. The fourth-order valence-corrected chi connectivity index (χ4v) is 5.95. The van der Waals surface area contributed by atoms with Crippen molar-refractivity contribution < 1.29 is 39.9 Å². The molecule has 0 spiro atoms. The number of nitrogens with zero attached hydrogens (tertiary/aromatic N) is 1. The summed E-state index contributed by atoms with van der Waals surface area (Å²) >= 11 is 1.33. The minimum atomic E-state index is -1.21. The third kappa shape index (κ3) is 8.14. The Morgan fingerprint density at radius 2 is 1.68 bits per heavy atom. The summed E-state index contributed by atoms with van der Waals surface area (Å²) in [4.78, 5) is 50.7. The highest BCUT2D eigenvalue weighted by atomic mass is 32.2. The van der Waals surface area contributed by atoms with E-state index < -0.39 is 60.2 Å². The van der Waals surface area contributed by atoms with Crippen molar-refractivity contribution in [2.24, 2.45) is 5.92 Å². The van der Waals surface area contributed by atoms with E-state index in [0.29, 0.717) is 16.7 Å². The summed E-state index contributed by atoms with van der Waals surface area (Å²) in [5.41, 5.74) is 2.02. The molecule has 1 unspecified atom stereocenters. The van der Waals surface area contributed by atoms with Crippen LogP contribution in [0.4, 0.5) is 10.1 Å². The number of carbonyl (C=O) groups excluding carboxylic acids is 3. The normalized spacial score (nSPS) is 17.7. The molecule has 4 atom stereocenters. The van der Waals surface area contributed by atoms with Crippen LogP contribution < -0.4 is 20.3 Å². The second kappa shape index (κ2) is 14.8. The number of rotatable bonds is 14. The van der Waals surface area contributed by atoms with E-state index in [1.165, 1.54) is 36.0 Å². The van der Waals surface area contributed by atoms with E-state index in [2.05, 4.69) is 5.32 Å². The maximum absolute atomic E-state index is 13.6. The molecule has 4 rings (SSSR count). The number of carboxylic acid groups (broad SMARTS) is 1. The predicted octanol–water partition coefficient (Wildman–Crippen LogP) is 3.47. The van der Waals surface area contributed by atoms with E-state index in [1.807, 2.05) is 30.3 Å². The first-order chi connectivity index (χ1) is 21.5. The maximum atomic E-state index is 13.6. The molecule has 1 aliphatic heterocycles. The number of anilines is 1. The molecule has 0 aliphatic carbocycles. The number of thioether (sulfide) groups is 1. The largest absolute Gasteiger partial charge is 0.484 e. The highest BCUT2D eigenvalue weighted by Crippen LogP contribution is 2.46. The van der Waals surface area contributed by atoms with Crippen molar-refractivity contribution in [2.75, 3.05) is 23.8 Å². The SMILES string of the molecule is [2H]N(CC(=O)N[C@H](C(=O)O)C(C)C)C(=O)COc1ccc([C@@H]2[C@@H](SCC(O)c3ccccc3)C(=O)N2c2ccc(F)cc2)cc1. The summed E-state index contributed by atoms with van der Waals surface area (Å²) in [5.74, 6) is -3.21. The molecule has 1 fully saturated rings.